The molecule has 4 saturated carbocycles. The first-order valence-corrected chi connectivity index (χ1v) is 21.5. The number of nitrogens with one attached hydrogen (secondary N) is 8. The molecule has 31 unspecified atom stereocenters. The van der Waals surface area contributed by atoms with E-state index in [2.05, 4.69) is 42.5 Å². The Bertz CT molecular complexity index is 1820. The summed E-state index contributed by atoms with van der Waals surface area (Å²) in [5.74, 6) is -14.2. The van der Waals surface area contributed by atoms with Gasteiger partial charge in [0.2, 0.25) is 0 Å². The van der Waals surface area contributed by atoms with Crippen molar-refractivity contribution in [2.24, 2.45) is 47.3 Å². The lowest BCUT2D eigenvalue weighted by atomic mass is 9.71. The summed E-state index contributed by atoms with van der Waals surface area (Å²) in [6.07, 6.45) is -54.7. The van der Waals surface area contributed by atoms with E-state index in [0.29, 0.717) is 0 Å². The average molecular weight is 928 g/mol. The molecule has 31 atom stereocenters. The Kier molecular flexibility index (Phi) is 11.4. The lowest BCUT2D eigenvalue weighted by Gasteiger charge is -2.45. The van der Waals surface area contributed by atoms with Gasteiger partial charge < -0.3 is 5.32 Å². The average Bonchev–Trinajstić information content (AvgIpc) is 3.98. The second-order valence-electron chi connectivity index (χ2n) is 19.0. The molecule has 5 aliphatic heterocycles. The highest BCUT2D eigenvalue weighted by molar-refractivity contribution is 5.46. The molecule has 9 fully saturated rings. The second-order valence-corrected chi connectivity index (χ2v) is 19.0. The monoisotopic (exact) mass is 927 g/mol. The number of halogens is 15. The van der Waals surface area contributed by atoms with Gasteiger partial charge in [-0.05, 0) is 31.4 Å². The topological polar surface area (TPSA) is 99.5 Å². The molecule has 9 aliphatic rings. The number of nitrogens with zero attached hydrogens (tertiary/aromatic N) is 1. The molecule has 8 N–H and O–H groups in total. The predicted molar refractivity (Wildman–Crippen MR) is 195 cm³/mol. The largest absolute Gasteiger partial charge is 0.379 e. The minimum atomic E-state index is -3.16. The summed E-state index contributed by atoms with van der Waals surface area (Å²) in [5.41, 5.74) is 1.06. The maximum absolute atomic E-state index is 17.0. The van der Waals surface area contributed by atoms with Gasteiger partial charge in [-0.15, -0.1) is 9.60 Å². The van der Waals surface area contributed by atoms with Crippen molar-refractivity contribution in [1.29, 1.82) is 0 Å². The number of rotatable bonds is 2. The van der Waals surface area contributed by atoms with Gasteiger partial charge in [-0.1, -0.05) is 17.7 Å². The Hall–Kier alpha value is -2.35. The van der Waals surface area contributed by atoms with Crippen LogP contribution in [0.4, 0.5) is 71.6 Å². The van der Waals surface area contributed by atoms with E-state index in [4.69, 9.17) is 0 Å². The molecule has 0 spiro atoms. The third-order valence-corrected chi connectivity index (χ3v) is 15.9. The molecule has 5 saturated heterocycles. The summed E-state index contributed by atoms with van der Waals surface area (Å²) in [6, 6.07) is 4.78. The third kappa shape index (κ3) is 6.73. The van der Waals surface area contributed by atoms with E-state index in [1.807, 2.05) is 0 Å². The fourth-order valence-corrected chi connectivity index (χ4v) is 12.9. The van der Waals surface area contributed by atoms with Crippen molar-refractivity contribution in [3.05, 3.63) is 29.8 Å². The minimum Gasteiger partial charge on any atom is -0.379 e. The van der Waals surface area contributed by atoms with Gasteiger partial charge in [0.05, 0.1) is 55.4 Å². The molecule has 63 heavy (non-hydrogen) atoms. The van der Waals surface area contributed by atoms with Crippen LogP contribution in [-0.4, -0.2) is 147 Å². The van der Waals surface area contributed by atoms with E-state index in [9.17, 15) is 0 Å². The summed E-state index contributed by atoms with van der Waals surface area (Å²) in [6.45, 7) is 1.76. The van der Waals surface area contributed by atoms with E-state index >= 15 is 65.9 Å². The van der Waals surface area contributed by atoms with Crippen LogP contribution >= 0.6 is 0 Å². The highest BCUT2D eigenvalue weighted by Crippen LogP contribution is 2.52. The van der Waals surface area contributed by atoms with Gasteiger partial charge in [0.15, 0.2) is 43.2 Å². The zero-order chi connectivity index (χ0) is 44.8. The molecular formula is C39H48F15N9. The van der Waals surface area contributed by atoms with Crippen LogP contribution in [0.15, 0.2) is 24.3 Å². The quantitative estimate of drug-likeness (QED) is 0.166. The molecule has 4 aliphatic carbocycles. The molecule has 10 rings (SSSR count). The zero-order valence-corrected chi connectivity index (χ0v) is 33.0. The number of fused-ring (bicyclic) bond motifs is 20. The predicted octanol–water partition coefficient (Wildman–Crippen LogP) is 3.87. The van der Waals surface area contributed by atoms with Gasteiger partial charge in [-0.3, -0.25) is 37.2 Å². The first-order chi connectivity index (χ1) is 29.9. The Morgan fingerprint density at radius 3 is 1.27 bits per heavy atom. The molecule has 24 heteroatoms. The maximum atomic E-state index is 17.0. The van der Waals surface area contributed by atoms with Crippen LogP contribution in [0.1, 0.15) is 12.0 Å². The number of hydrogen-bond acceptors (Lipinski definition) is 9. The van der Waals surface area contributed by atoms with Gasteiger partial charge >= 0.3 is 0 Å². The van der Waals surface area contributed by atoms with Gasteiger partial charge in [-0.25, -0.2) is 61.5 Å². The van der Waals surface area contributed by atoms with E-state index in [0.717, 1.165) is 5.56 Å². The van der Waals surface area contributed by atoms with Crippen molar-refractivity contribution in [3.63, 3.8) is 0 Å². The van der Waals surface area contributed by atoms with Crippen LogP contribution < -0.4 is 42.5 Å². The molecule has 1 aromatic rings. The summed E-state index contributed by atoms with van der Waals surface area (Å²) < 4.78 is 237. The number of anilines is 1. The minimum absolute atomic E-state index is 0.266. The first kappa shape index (κ1) is 44.5. The van der Waals surface area contributed by atoms with Crippen molar-refractivity contribution < 1.29 is 65.9 Å². The SMILES string of the molecule is Cc1ccc(NC2C(F)C(F)C(F)C3C4NC5NC(NC6C7C(F)C(F)C(F)C(F)C7C(NC7NC(NC(N4)C23)C2C(F)C(F)C(F)C(F)C72)N6F)C2C(F)C(F)C(F)CC52)cc1. The number of alkyl halides is 14. The number of aryl methyl sites for hydroxylation is 1. The van der Waals surface area contributed by atoms with E-state index in [1.54, 1.807) is 31.2 Å². The fraction of sp³-hybridized carbons (Fsp3) is 0.846. The van der Waals surface area contributed by atoms with Crippen LogP contribution in [0, 0.1) is 54.3 Å². The second kappa shape index (κ2) is 16.2. The Labute approximate surface area is 351 Å². The Morgan fingerprint density at radius 1 is 0.413 bits per heavy atom. The smallest absolute Gasteiger partial charge is 0.165 e. The van der Waals surface area contributed by atoms with Gasteiger partial charge in [0.25, 0.3) is 0 Å². The van der Waals surface area contributed by atoms with Gasteiger partial charge in [0, 0.05) is 47.1 Å². The lowest BCUT2D eigenvalue weighted by Crippen LogP contribution is -2.63. The first-order valence-electron chi connectivity index (χ1n) is 21.5. The number of benzene rings is 1. The molecule has 8 bridgehead atoms. The van der Waals surface area contributed by atoms with Crippen LogP contribution in [-0.2, 0) is 0 Å². The van der Waals surface area contributed by atoms with Crippen molar-refractivity contribution in [1.82, 2.24) is 42.3 Å². The molecular weight excluding hydrogens is 879 g/mol. The van der Waals surface area contributed by atoms with Crippen molar-refractivity contribution in [2.75, 3.05) is 5.32 Å². The molecule has 5 heterocycles. The van der Waals surface area contributed by atoms with E-state index < -0.39 is 196 Å². The molecule has 0 aromatic heterocycles. The summed E-state index contributed by atoms with van der Waals surface area (Å²) in [5, 5.41) is 22.0. The Balaban J connectivity index is 1.09. The Morgan fingerprint density at radius 2 is 0.778 bits per heavy atom. The third-order valence-electron chi connectivity index (χ3n) is 15.9. The van der Waals surface area contributed by atoms with Crippen LogP contribution in [0.3, 0.4) is 0 Å². The summed E-state index contributed by atoms with van der Waals surface area (Å²) in [4.78, 5) is 0. The molecule has 9 nitrogen and oxygen atoms in total. The molecule has 1 aromatic carbocycles. The van der Waals surface area contributed by atoms with Crippen LogP contribution in [0.5, 0.6) is 0 Å². The van der Waals surface area contributed by atoms with Crippen molar-refractivity contribution >= 4 is 5.69 Å². The maximum Gasteiger partial charge on any atom is 0.165 e. The highest BCUT2D eigenvalue weighted by Gasteiger charge is 2.69. The van der Waals surface area contributed by atoms with Crippen molar-refractivity contribution in [2.45, 2.75) is 155 Å². The van der Waals surface area contributed by atoms with Gasteiger partial charge in [-0.2, -0.15) is 0 Å². The van der Waals surface area contributed by atoms with Crippen molar-refractivity contribution in [3.8, 4) is 0 Å². The van der Waals surface area contributed by atoms with E-state index in [1.165, 1.54) is 0 Å². The van der Waals surface area contributed by atoms with Crippen LogP contribution in [0.25, 0.3) is 0 Å². The normalized spacial score (nSPS) is 59.0. The standard InChI is InChI=1S/C39H48F15N9/c1-7-2-4-8(5-3-7)55-31-17-14(22(45)29(52)30(31)53)35-57-32-9-6-10(40)18(41)19(42)11(9)33(56-32)61-38-15-16(24(47)28(51)27(50)23(15)46)39(63(38)54)62-36-13-12(34(58-36)59-37(17)60-35)20(43)25(48)26(49)21(13)44/h2-5,9-39,55-62H,6H2,1H3. The fourth-order valence-electron chi connectivity index (χ4n) is 12.9. The highest BCUT2D eigenvalue weighted by atomic mass is 19.2. The number of hydrogen-bond donors (Lipinski definition) is 8. The van der Waals surface area contributed by atoms with Crippen LogP contribution in [0.2, 0.25) is 0 Å². The summed E-state index contributed by atoms with van der Waals surface area (Å²) >= 11 is 0. The molecule has 354 valence electrons. The molecule has 0 radical (unpaired) electrons. The van der Waals surface area contributed by atoms with E-state index in [-0.39, 0.29) is 10.8 Å². The molecule has 0 amide bonds. The lowest BCUT2D eigenvalue weighted by molar-refractivity contribution is -0.0974. The van der Waals surface area contributed by atoms with Gasteiger partial charge in [0.1, 0.15) is 43.2 Å². The zero-order valence-electron chi connectivity index (χ0n) is 33.0. The summed E-state index contributed by atoms with van der Waals surface area (Å²) in [7, 11) is 0.